The van der Waals surface area contributed by atoms with E-state index >= 15 is 0 Å². The molecule has 0 atom stereocenters. The summed E-state index contributed by atoms with van der Waals surface area (Å²) in [6.45, 7) is 0. The van der Waals surface area contributed by atoms with Crippen molar-refractivity contribution in [2.45, 2.75) is 6.18 Å². The predicted octanol–water partition coefficient (Wildman–Crippen LogP) is 3.56. The molecule has 2 nitrogen and oxygen atoms in total. The van der Waals surface area contributed by atoms with Crippen LogP contribution in [0.25, 0.3) is 10.8 Å². The van der Waals surface area contributed by atoms with Crippen LogP contribution in [0.5, 0.6) is 0 Å². The van der Waals surface area contributed by atoms with Crippen LogP contribution in [0.4, 0.5) is 13.2 Å². The highest BCUT2D eigenvalue weighted by atomic mass is 19.4. The van der Waals surface area contributed by atoms with Gasteiger partial charge in [-0.15, -0.1) is 0 Å². The number of hydrogen-bond acceptors (Lipinski definition) is 1. The number of hydrogen-bond donors (Lipinski definition) is 1. The van der Waals surface area contributed by atoms with Crippen LogP contribution in [-0.4, -0.2) is 11.1 Å². The van der Waals surface area contributed by atoms with Crippen molar-refractivity contribution in [3.05, 3.63) is 47.5 Å². The van der Waals surface area contributed by atoms with Crippen LogP contribution in [0.1, 0.15) is 15.9 Å². The average molecular weight is 240 g/mol. The molecule has 1 N–H and O–H groups in total. The number of carboxylic acid groups (broad SMARTS) is 1. The highest BCUT2D eigenvalue weighted by Crippen LogP contribution is 2.35. The van der Waals surface area contributed by atoms with Gasteiger partial charge in [0.05, 0.1) is 11.1 Å². The Balaban J connectivity index is 2.87. The summed E-state index contributed by atoms with van der Waals surface area (Å²) < 4.78 is 38.0. The first kappa shape index (κ1) is 11.4. The number of alkyl halides is 3. The fourth-order valence-corrected chi connectivity index (χ4v) is 1.74. The summed E-state index contributed by atoms with van der Waals surface area (Å²) in [7, 11) is 0. The Bertz CT molecular complexity index is 588. The molecule has 0 bridgehead atoms. The highest BCUT2D eigenvalue weighted by Gasteiger charge is 2.36. The second kappa shape index (κ2) is 3.76. The molecule has 0 aliphatic carbocycles. The summed E-state index contributed by atoms with van der Waals surface area (Å²) in [5, 5.41) is 9.49. The Labute approximate surface area is 94.3 Å². The van der Waals surface area contributed by atoms with Gasteiger partial charge in [-0.25, -0.2) is 4.79 Å². The van der Waals surface area contributed by atoms with Crippen LogP contribution < -0.4 is 0 Å². The van der Waals surface area contributed by atoms with Crippen LogP contribution in [0.2, 0.25) is 0 Å². The van der Waals surface area contributed by atoms with Gasteiger partial charge in [0, 0.05) is 0 Å². The molecule has 2 aromatic carbocycles. The maximum absolute atomic E-state index is 12.7. The molecule has 0 aromatic heterocycles. The third-order valence-corrected chi connectivity index (χ3v) is 2.45. The van der Waals surface area contributed by atoms with E-state index in [4.69, 9.17) is 5.11 Å². The van der Waals surface area contributed by atoms with Crippen LogP contribution in [0.3, 0.4) is 0 Å². The molecule has 0 radical (unpaired) electrons. The fraction of sp³-hybridized carbons (Fsp3) is 0.0833. The standard InChI is InChI=1S/C12H7F3O2/c13-12(14,15)9-6-5-7-3-1-2-4-8(7)10(9)11(16)17/h1-6H,(H,16,17). The van der Waals surface area contributed by atoms with Crippen molar-refractivity contribution in [1.29, 1.82) is 0 Å². The van der Waals surface area contributed by atoms with Crippen molar-refractivity contribution >= 4 is 16.7 Å². The first-order valence-corrected chi connectivity index (χ1v) is 4.73. The summed E-state index contributed by atoms with van der Waals surface area (Å²) in [4.78, 5) is 11.0. The number of aromatic carboxylic acids is 1. The molecule has 0 saturated carbocycles. The molecule has 0 fully saturated rings. The van der Waals surface area contributed by atoms with E-state index in [9.17, 15) is 18.0 Å². The second-order valence-corrected chi connectivity index (χ2v) is 3.51. The summed E-state index contributed by atoms with van der Waals surface area (Å²) in [5.41, 5.74) is -1.82. The molecule has 88 valence electrons. The van der Waals surface area contributed by atoms with Crippen molar-refractivity contribution in [3.8, 4) is 0 Å². The summed E-state index contributed by atoms with van der Waals surface area (Å²) in [6.07, 6.45) is -4.67. The van der Waals surface area contributed by atoms with Crippen molar-refractivity contribution in [3.63, 3.8) is 0 Å². The van der Waals surface area contributed by atoms with Crippen LogP contribution in [0.15, 0.2) is 36.4 Å². The monoisotopic (exact) mass is 240 g/mol. The van der Waals surface area contributed by atoms with Crippen molar-refractivity contribution in [2.75, 3.05) is 0 Å². The van der Waals surface area contributed by atoms with Gasteiger partial charge < -0.3 is 5.11 Å². The first-order valence-electron chi connectivity index (χ1n) is 4.73. The molecule has 0 unspecified atom stereocenters. The number of carbonyl (C=O) groups is 1. The molecule has 0 aliphatic rings. The number of benzene rings is 2. The lowest BCUT2D eigenvalue weighted by molar-refractivity contribution is -0.138. The van der Waals surface area contributed by atoms with Gasteiger partial charge in [-0.2, -0.15) is 13.2 Å². The van der Waals surface area contributed by atoms with E-state index in [0.717, 1.165) is 6.07 Å². The minimum absolute atomic E-state index is 0.0924. The normalized spacial score (nSPS) is 11.7. The van der Waals surface area contributed by atoms with Crippen LogP contribution >= 0.6 is 0 Å². The lowest BCUT2D eigenvalue weighted by atomic mass is 9.98. The Morgan fingerprint density at radius 3 is 2.29 bits per heavy atom. The Kier molecular flexibility index (Phi) is 2.53. The smallest absolute Gasteiger partial charge is 0.417 e. The highest BCUT2D eigenvalue weighted by molar-refractivity contribution is 6.05. The number of fused-ring (bicyclic) bond motifs is 1. The third kappa shape index (κ3) is 1.95. The van der Waals surface area contributed by atoms with E-state index in [1.54, 1.807) is 12.1 Å². The van der Waals surface area contributed by atoms with Gasteiger partial charge in [0.2, 0.25) is 0 Å². The first-order chi connectivity index (χ1) is 7.91. The zero-order valence-electron chi connectivity index (χ0n) is 8.45. The van der Waals surface area contributed by atoms with Gasteiger partial charge in [0.25, 0.3) is 0 Å². The quantitative estimate of drug-likeness (QED) is 0.827. The Morgan fingerprint density at radius 2 is 1.71 bits per heavy atom. The maximum atomic E-state index is 12.7. The van der Waals surface area contributed by atoms with E-state index in [-0.39, 0.29) is 5.39 Å². The summed E-state index contributed by atoms with van der Waals surface area (Å²) in [6, 6.07) is 8.16. The molecule has 0 saturated heterocycles. The van der Waals surface area contributed by atoms with Crippen molar-refractivity contribution in [1.82, 2.24) is 0 Å². The summed E-state index contributed by atoms with van der Waals surface area (Å²) in [5.74, 6) is -1.57. The zero-order valence-corrected chi connectivity index (χ0v) is 8.45. The number of carboxylic acids is 1. The van der Waals surface area contributed by atoms with Crippen molar-refractivity contribution < 1.29 is 23.1 Å². The number of rotatable bonds is 1. The molecular formula is C12H7F3O2. The number of halogens is 3. The van der Waals surface area contributed by atoms with E-state index in [2.05, 4.69) is 0 Å². The minimum Gasteiger partial charge on any atom is -0.478 e. The van der Waals surface area contributed by atoms with E-state index in [0.29, 0.717) is 5.39 Å². The molecule has 2 rings (SSSR count). The largest absolute Gasteiger partial charge is 0.478 e. The molecule has 2 aromatic rings. The Morgan fingerprint density at radius 1 is 1.06 bits per heavy atom. The molecule has 0 aliphatic heterocycles. The predicted molar refractivity (Wildman–Crippen MR) is 55.9 cm³/mol. The van der Waals surface area contributed by atoms with E-state index < -0.39 is 23.3 Å². The topological polar surface area (TPSA) is 37.3 Å². The lowest BCUT2D eigenvalue weighted by Crippen LogP contribution is -2.13. The van der Waals surface area contributed by atoms with Crippen LogP contribution in [-0.2, 0) is 6.18 Å². The van der Waals surface area contributed by atoms with Gasteiger partial charge in [-0.05, 0) is 16.8 Å². The SMILES string of the molecule is O=C(O)c1c(C(F)(F)F)ccc2ccccc12. The average Bonchev–Trinajstić information content (AvgIpc) is 2.26. The summed E-state index contributed by atoms with van der Waals surface area (Å²) >= 11 is 0. The van der Waals surface area contributed by atoms with E-state index in [1.165, 1.54) is 18.2 Å². The Hall–Kier alpha value is -2.04. The third-order valence-electron chi connectivity index (χ3n) is 2.45. The zero-order chi connectivity index (χ0) is 12.6. The fourth-order valence-electron chi connectivity index (χ4n) is 1.74. The molecule has 0 heterocycles. The molecule has 17 heavy (non-hydrogen) atoms. The van der Waals surface area contributed by atoms with E-state index in [1.807, 2.05) is 0 Å². The van der Waals surface area contributed by atoms with Gasteiger partial charge in [-0.1, -0.05) is 30.3 Å². The second-order valence-electron chi connectivity index (χ2n) is 3.51. The van der Waals surface area contributed by atoms with Gasteiger partial charge >= 0.3 is 12.1 Å². The molecule has 0 spiro atoms. The minimum atomic E-state index is -4.67. The van der Waals surface area contributed by atoms with Crippen LogP contribution in [0, 0.1) is 0 Å². The molecule has 0 amide bonds. The van der Waals surface area contributed by atoms with Gasteiger partial charge in [0.1, 0.15) is 0 Å². The molecular weight excluding hydrogens is 233 g/mol. The van der Waals surface area contributed by atoms with Crippen molar-refractivity contribution in [2.24, 2.45) is 0 Å². The maximum Gasteiger partial charge on any atom is 0.417 e. The van der Waals surface area contributed by atoms with Gasteiger partial charge in [0.15, 0.2) is 0 Å². The van der Waals surface area contributed by atoms with Gasteiger partial charge in [-0.3, -0.25) is 0 Å². The lowest BCUT2D eigenvalue weighted by Gasteiger charge is -2.12. The molecule has 5 heteroatoms.